The number of hydrogen-bond acceptors (Lipinski definition) is 2. The number of rotatable bonds is 3. The molecule has 1 N–H and O–H groups in total. The van der Waals surface area contributed by atoms with Gasteiger partial charge in [0.05, 0.1) is 11.2 Å². The van der Waals surface area contributed by atoms with Crippen LogP contribution in [0.1, 0.15) is 11.1 Å². The molecule has 0 aliphatic rings. The number of hydrazone groups is 1. The normalized spacial score (nSPS) is 12.0. The zero-order valence-corrected chi connectivity index (χ0v) is 13.2. The second kappa shape index (κ2) is 7.09. The summed E-state index contributed by atoms with van der Waals surface area (Å²) in [6.07, 6.45) is -4.69. The Morgan fingerprint density at radius 3 is 1.96 bits per heavy atom. The summed E-state index contributed by atoms with van der Waals surface area (Å²) in [6, 6.07) is 4.10. The predicted molar refractivity (Wildman–Crippen MR) is 79.0 cm³/mol. The topological polar surface area (TPSA) is 24.4 Å². The fraction of sp³-hybridized carbons (Fsp3) is 0.0714. The number of alkyl halides is 3. The van der Waals surface area contributed by atoms with E-state index in [-0.39, 0.29) is 10.6 Å². The molecule has 0 heterocycles. The summed E-state index contributed by atoms with van der Waals surface area (Å²) in [5, 5.41) is 3.69. The van der Waals surface area contributed by atoms with Gasteiger partial charge < -0.3 is 0 Å². The highest BCUT2D eigenvalue weighted by Gasteiger charge is 2.42. The van der Waals surface area contributed by atoms with Gasteiger partial charge in [-0.25, -0.2) is 17.6 Å². The molecule has 0 unspecified atom stereocenters. The monoisotopic (exact) mass is 404 g/mol. The fourth-order valence-corrected chi connectivity index (χ4v) is 2.21. The molecule has 2 rings (SSSR count). The van der Waals surface area contributed by atoms with E-state index in [0.717, 1.165) is 6.21 Å². The van der Waals surface area contributed by atoms with Gasteiger partial charge in [0.1, 0.15) is 11.3 Å². The first-order valence-corrected chi connectivity index (χ1v) is 6.97. The Bertz CT molecular complexity index is 821. The van der Waals surface area contributed by atoms with E-state index < -0.39 is 40.7 Å². The Balaban J connectivity index is 2.39. The molecule has 0 aromatic heterocycles. The zero-order chi connectivity index (χ0) is 18.9. The molecule has 2 nitrogen and oxygen atoms in total. The van der Waals surface area contributed by atoms with Gasteiger partial charge in [-0.15, -0.1) is 0 Å². The highest BCUT2D eigenvalue weighted by molar-refractivity contribution is 6.36. The van der Waals surface area contributed by atoms with Gasteiger partial charge in [-0.3, -0.25) is 5.43 Å². The van der Waals surface area contributed by atoms with Crippen molar-refractivity contribution in [1.29, 1.82) is 0 Å². The molecule has 0 atom stereocenters. The van der Waals surface area contributed by atoms with Crippen molar-refractivity contribution >= 4 is 35.1 Å². The molecule has 0 radical (unpaired) electrons. The fourth-order valence-electron chi connectivity index (χ4n) is 1.75. The Kier molecular flexibility index (Phi) is 5.48. The van der Waals surface area contributed by atoms with E-state index >= 15 is 0 Å². The maximum atomic E-state index is 13.6. The van der Waals surface area contributed by atoms with E-state index in [2.05, 4.69) is 5.10 Å². The van der Waals surface area contributed by atoms with Crippen molar-refractivity contribution in [3.8, 4) is 0 Å². The third kappa shape index (κ3) is 3.98. The molecule has 0 aliphatic heterocycles. The number of nitrogens with zero attached hydrogens (tertiary/aromatic N) is 1. The van der Waals surface area contributed by atoms with Crippen molar-refractivity contribution < 1.29 is 30.7 Å². The van der Waals surface area contributed by atoms with Crippen LogP contribution in [0.4, 0.5) is 36.4 Å². The standard InChI is InChI=1S/C14H5Cl2F7N2/c15-6-2-1-5(7(16)3-6)4-24-25-13-11(19)9(17)8(14(21,22)23)10(18)12(13)20/h1-4,25H/b24-4-. The Morgan fingerprint density at radius 1 is 0.920 bits per heavy atom. The van der Waals surface area contributed by atoms with Crippen molar-refractivity contribution in [3.05, 3.63) is 62.6 Å². The average molecular weight is 405 g/mol. The average Bonchev–Trinajstić information content (AvgIpc) is 2.49. The van der Waals surface area contributed by atoms with E-state index in [1.54, 1.807) is 5.43 Å². The molecule has 0 aliphatic carbocycles. The van der Waals surface area contributed by atoms with Gasteiger partial charge >= 0.3 is 6.18 Å². The summed E-state index contributed by atoms with van der Waals surface area (Å²) < 4.78 is 91.5. The van der Waals surface area contributed by atoms with Crippen LogP contribution in [0.2, 0.25) is 10.0 Å². The summed E-state index contributed by atoms with van der Waals surface area (Å²) in [5.74, 6) is -9.72. The highest BCUT2D eigenvalue weighted by atomic mass is 35.5. The minimum absolute atomic E-state index is 0.101. The molecule has 2 aromatic rings. The first kappa shape index (κ1) is 19.3. The van der Waals surface area contributed by atoms with Crippen LogP contribution >= 0.6 is 23.2 Å². The SMILES string of the molecule is Fc1c(F)c(C(F)(F)F)c(F)c(F)c1N/N=C\c1ccc(Cl)cc1Cl. The van der Waals surface area contributed by atoms with Gasteiger partial charge in [0.2, 0.25) is 0 Å². The third-order valence-corrected chi connectivity index (χ3v) is 3.45. The number of anilines is 1. The number of nitrogens with one attached hydrogen (secondary N) is 1. The zero-order valence-electron chi connectivity index (χ0n) is 11.7. The van der Waals surface area contributed by atoms with Gasteiger partial charge in [-0.05, 0) is 12.1 Å². The lowest BCUT2D eigenvalue weighted by atomic mass is 10.1. The molecular formula is C14H5Cl2F7N2. The number of halogens is 9. The first-order chi connectivity index (χ1) is 11.5. The number of benzene rings is 2. The molecule has 134 valence electrons. The van der Waals surface area contributed by atoms with Gasteiger partial charge in [0.15, 0.2) is 23.3 Å². The molecule has 0 saturated carbocycles. The van der Waals surface area contributed by atoms with Crippen LogP contribution < -0.4 is 5.43 Å². The predicted octanol–water partition coefficient (Wildman–Crippen LogP) is 6.01. The van der Waals surface area contributed by atoms with Crippen LogP contribution in [0.15, 0.2) is 23.3 Å². The van der Waals surface area contributed by atoms with Crippen molar-refractivity contribution in [2.24, 2.45) is 5.10 Å². The van der Waals surface area contributed by atoms with Crippen LogP contribution in [0.25, 0.3) is 0 Å². The molecule has 2 aromatic carbocycles. The smallest absolute Gasteiger partial charge is 0.272 e. The Hall–Kier alpha value is -2.00. The Labute approximate surface area is 145 Å². The Morgan fingerprint density at radius 2 is 1.48 bits per heavy atom. The summed E-state index contributed by atoms with van der Waals surface area (Å²) in [6.45, 7) is 0. The van der Waals surface area contributed by atoms with Crippen LogP contribution in [0.5, 0.6) is 0 Å². The van der Waals surface area contributed by atoms with E-state index in [0.29, 0.717) is 5.02 Å². The lowest BCUT2D eigenvalue weighted by molar-refractivity contribution is -0.143. The molecule has 0 saturated heterocycles. The molecule has 0 amide bonds. The lowest BCUT2D eigenvalue weighted by Gasteiger charge is -2.13. The maximum absolute atomic E-state index is 13.6. The maximum Gasteiger partial charge on any atom is 0.422 e. The summed E-state index contributed by atoms with van der Waals surface area (Å²) in [7, 11) is 0. The van der Waals surface area contributed by atoms with E-state index in [1.165, 1.54) is 18.2 Å². The van der Waals surface area contributed by atoms with E-state index in [1.807, 2.05) is 0 Å². The quantitative estimate of drug-likeness (QED) is 0.288. The van der Waals surface area contributed by atoms with Gasteiger partial charge in [0, 0.05) is 10.6 Å². The van der Waals surface area contributed by atoms with Crippen LogP contribution in [0, 0.1) is 23.3 Å². The third-order valence-electron chi connectivity index (χ3n) is 2.89. The van der Waals surface area contributed by atoms with Gasteiger partial charge in [0.25, 0.3) is 0 Å². The lowest BCUT2D eigenvalue weighted by Crippen LogP contribution is -2.16. The summed E-state index contributed by atoms with van der Waals surface area (Å²) >= 11 is 11.5. The second-order valence-corrected chi connectivity index (χ2v) is 5.38. The minimum atomic E-state index is -5.62. The number of hydrogen-bond donors (Lipinski definition) is 1. The minimum Gasteiger partial charge on any atom is -0.272 e. The molecule has 11 heteroatoms. The largest absolute Gasteiger partial charge is 0.422 e. The van der Waals surface area contributed by atoms with Crippen LogP contribution in [-0.4, -0.2) is 6.21 Å². The van der Waals surface area contributed by atoms with Crippen LogP contribution in [0.3, 0.4) is 0 Å². The van der Waals surface area contributed by atoms with E-state index in [4.69, 9.17) is 23.2 Å². The first-order valence-electron chi connectivity index (χ1n) is 6.21. The molecular weight excluding hydrogens is 400 g/mol. The molecule has 0 fully saturated rings. The van der Waals surface area contributed by atoms with Crippen LogP contribution in [-0.2, 0) is 6.18 Å². The van der Waals surface area contributed by atoms with Gasteiger partial charge in [-0.1, -0.05) is 29.3 Å². The molecule has 0 bridgehead atoms. The summed E-state index contributed by atoms with van der Waals surface area (Å²) in [4.78, 5) is 0. The molecule has 0 spiro atoms. The van der Waals surface area contributed by atoms with Crippen molar-refractivity contribution in [1.82, 2.24) is 0 Å². The van der Waals surface area contributed by atoms with Crippen molar-refractivity contribution in [2.45, 2.75) is 6.18 Å². The molecule has 25 heavy (non-hydrogen) atoms. The highest BCUT2D eigenvalue weighted by Crippen LogP contribution is 2.38. The van der Waals surface area contributed by atoms with Gasteiger partial charge in [-0.2, -0.15) is 18.3 Å². The van der Waals surface area contributed by atoms with Crippen molar-refractivity contribution in [3.63, 3.8) is 0 Å². The van der Waals surface area contributed by atoms with E-state index in [9.17, 15) is 30.7 Å². The van der Waals surface area contributed by atoms with Crippen molar-refractivity contribution in [2.75, 3.05) is 5.43 Å². The second-order valence-electron chi connectivity index (χ2n) is 4.54. The summed E-state index contributed by atoms with van der Waals surface area (Å²) in [5.41, 5.74) is -2.37.